The number of benzene rings is 2. The summed E-state index contributed by atoms with van der Waals surface area (Å²) >= 11 is 5.95. The number of hydrogen-bond acceptors (Lipinski definition) is 4. The fourth-order valence-electron chi connectivity index (χ4n) is 2.71. The molecule has 0 aromatic heterocycles. The Morgan fingerprint density at radius 3 is 2.80 bits per heavy atom. The Morgan fingerprint density at radius 2 is 2.12 bits per heavy atom. The molecule has 2 aromatic rings. The number of halogens is 2. The van der Waals surface area contributed by atoms with E-state index in [9.17, 15) is 14.3 Å². The van der Waals surface area contributed by atoms with Crippen LogP contribution in [0.1, 0.15) is 35.2 Å². The first-order valence-corrected chi connectivity index (χ1v) is 8.49. The van der Waals surface area contributed by atoms with E-state index in [1.165, 1.54) is 24.3 Å². The summed E-state index contributed by atoms with van der Waals surface area (Å²) in [5.74, 6) is -0.501. The van der Waals surface area contributed by atoms with Gasteiger partial charge in [0, 0.05) is 23.9 Å². The molecule has 1 aliphatic rings. The van der Waals surface area contributed by atoms with Crippen molar-refractivity contribution in [2.45, 2.75) is 32.0 Å². The highest BCUT2D eigenvalue weighted by atomic mass is 35.5. The number of phenols is 1. The smallest absolute Gasteiger partial charge is 0.199 e. The number of ketones is 1. The second-order valence-corrected chi connectivity index (χ2v) is 6.34. The van der Waals surface area contributed by atoms with E-state index in [2.05, 4.69) is 0 Å². The molecule has 4 nitrogen and oxygen atoms in total. The monoisotopic (exact) mass is 364 g/mol. The van der Waals surface area contributed by atoms with Crippen LogP contribution < -0.4 is 4.74 Å². The second kappa shape index (κ2) is 7.85. The second-order valence-electron chi connectivity index (χ2n) is 5.93. The maximum absolute atomic E-state index is 13.1. The van der Waals surface area contributed by atoms with E-state index in [4.69, 9.17) is 21.1 Å². The van der Waals surface area contributed by atoms with E-state index in [1.807, 2.05) is 0 Å². The average molecular weight is 365 g/mol. The normalized spacial score (nSPS) is 17.3. The van der Waals surface area contributed by atoms with Crippen molar-refractivity contribution in [1.29, 1.82) is 0 Å². The highest BCUT2D eigenvalue weighted by molar-refractivity contribution is 6.31. The van der Waals surface area contributed by atoms with Gasteiger partial charge in [-0.25, -0.2) is 4.39 Å². The van der Waals surface area contributed by atoms with Gasteiger partial charge < -0.3 is 14.6 Å². The predicted octanol–water partition coefficient (Wildman–Crippen LogP) is 4.52. The van der Waals surface area contributed by atoms with Crippen LogP contribution in [0, 0.1) is 5.82 Å². The van der Waals surface area contributed by atoms with Crippen molar-refractivity contribution in [3.63, 3.8) is 0 Å². The lowest BCUT2D eigenvalue weighted by Crippen LogP contribution is -2.24. The fraction of sp³-hybridized carbons (Fsp3) is 0.316. The maximum Gasteiger partial charge on any atom is 0.199 e. The fourth-order valence-corrected chi connectivity index (χ4v) is 2.94. The van der Waals surface area contributed by atoms with Gasteiger partial charge in [0.1, 0.15) is 17.3 Å². The van der Waals surface area contributed by atoms with Crippen molar-refractivity contribution in [3.05, 3.63) is 58.4 Å². The summed E-state index contributed by atoms with van der Waals surface area (Å²) in [6, 6.07) is 8.40. The minimum atomic E-state index is -0.463. The minimum absolute atomic E-state index is 0.0292. The van der Waals surface area contributed by atoms with Gasteiger partial charge in [-0.1, -0.05) is 17.7 Å². The van der Waals surface area contributed by atoms with E-state index >= 15 is 0 Å². The molecule has 0 radical (unpaired) electrons. The molecule has 25 heavy (non-hydrogen) atoms. The molecule has 0 saturated carbocycles. The summed E-state index contributed by atoms with van der Waals surface area (Å²) in [6.45, 7) is 0.658. The van der Waals surface area contributed by atoms with Gasteiger partial charge in [0.2, 0.25) is 0 Å². The van der Waals surface area contributed by atoms with Gasteiger partial charge in [0.25, 0.3) is 0 Å². The van der Waals surface area contributed by atoms with Gasteiger partial charge in [0.15, 0.2) is 12.1 Å². The zero-order valence-electron chi connectivity index (χ0n) is 13.5. The number of rotatable bonds is 5. The van der Waals surface area contributed by atoms with Crippen LogP contribution in [0.3, 0.4) is 0 Å². The van der Waals surface area contributed by atoms with Crippen LogP contribution in [0.25, 0.3) is 0 Å². The molecule has 1 aliphatic heterocycles. The van der Waals surface area contributed by atoms with Crippen LogP contribution in [0.5, 0.6) is 11.5 Å². The third-order valence-corrected chi connectivity index (χ3v) is 4.39. The van der Waals surface area contributed by atoms with Gasteiger partial charge >= 0.3 is 0 Å². The highest BCUT2D eigenvalue weighted by Crippen LogP contribution is 2.28. The molecule has 1 saturated heterocycles. The van der Waals surface area contributed by atoms with Crippen molar-refractivity contribution < 1.29 is 23.8 Å². The zero-order chi connectivity index (χ0) is 17.8. The molecule has 1 atom stereocenters. The standard InChI is InChI=1S/C19H18ClFO4/c20-16-10-13(21)5-4-12(16)9-17(22)15-7-6-14(11-18(15)23)25-19-3-1-2-8-24-19/h4-7,10-11,19,23H,1-3,8-9H2. The maximum atomic E-state index is 13.1. The van der Waals surface area contributed by atoms with E-state index < -0.39 is 5.82 Å². The average Bonchev–Trinajstić information content (AvgIpc) is 2.58. The Bertz CT molecular complexity index is 772. The lowest BCUT2D eigenvalue weighted by Gasteiger charge is -2.23. The summed E-state index contributed by atoms with van der Waals surface area (Å²) in [7, 11) is 0. The molecular formula is C19H18ClFO4. The van der Waals surface area contributed by atoms with Crippen molar-refractivity contribution in [1.82, 2.24) is 0 Å². The van der Waals surface area contributed by atoms with Crippen LogP contribution in [-0.2, 0) is 11.2 Å². The zero-order valence-corrected chi connectivity index (χ0v) is 14.3. The molecule has 1 fully saturated rings. The molecule has 2 aromatic carbocycles. The molecule has 3 rings (SSSR count). The van der Waals surface area contributed by atoms with Crippen LogP contribution >= 0.6 is 11.6 Å². The summed E-state index contributed by atoms with van der Waals surface area (Å²) in [4.78, 5) is 12.4. The number of carbonyl (C=O) groups is 1. The lowest BCUT2D eigenvalue weighted by molar-refractivity contribution is -0.105. The number of phenolic OH excluding ortho intramolecular Hbond substituents is 1. The summed E-state index contributed by atoms with van der Waals surface area (Å²) < 4.78 is 24.2. The molecule has 6 heteroatoms. The molecule has 132 valence electrons. The first-order valence-electron chi connectivity index (χ1n) is 8.11. The van der Waals surface area contributed by atoms with E-state index in [1.54, 1.807) is 6.07 Å². The van der Waals surface area contributed by atoms with E-state index in [0.29, 0.717) is 17.9 Å². The Balaban J connectivity index is 1.70. The number of ether oxygens (including phenoxy) is 2. The van der Waals surface area contributed by atoms with Gasteiger partial charge in [0.05, 0.1) is 12.2 Å². The summed E-state index contributed by atoms with van der Waals surface area (Å²) in [5.41, 5.74) is 0.667. The third kappa shape index (κ3) is 4.50. The van der Waals surface area contributed by atoms with E-state index in [-0.39, 0.29) is 34.8 Å². The Kier molecular flexibility index (Phi) is 5.56. The van der Waals surface area contributed by atoms with Crippen LogP contribution in [-0.4, -0.2) is 23.8 Å². The topological polar surface area (TPSA) is 55.8 Å². The molecule has 0 spiro atoms. The highest BCUT2D eigenvalue weighted by Gasteiger charge is 2.18. The minimum Gasteiger partial charge on any atom is -0.507 e. The summed E-state index contributed by atoms with van der Waals surface area (Å²) in [5, 5.41) is 10.3. The van der Waals surface area contributed by atoms with Crippen molar-refractivity contribution >= 4 is 17.4 Å². The molecule has 1 heterocycles. The Hall–Kier alpha value is -2.11. The summed E-state index contributed by atoms with van der Waals surface area (Å²) in [6.07, 6.45) is 2.49. The quantitative estimate of drug-likeness (QED) is 0.793. The predicted molar refractivity (Wildman–Crippen MR) is 91.8 cm³/mol. The molecule has 0 aliphatic carbocycles. The largest absolute Gasteiger partial charge is 0.507 e. The molecular weight excluding hydrogens is 347 g/mol. The van der Waals surface area contributed by atoms with Gasteiger partial charge in [-0.15, -0.1) is 0 Å². The van der Waals surface area contributed by atoms with Crippen molar-refractivity contribution in [3.8, 4) is 11.5 Å². The first-order chi connectivity index (χ1) is 12.0. The molecule has 1 unspecified atom stereocenters. The first kappa shape index (κ1) is 17.7. The Labute approximate surface area is 150 Å². The number of carbonyl (C=O) groups excluding carboxylic acids is 1. The molecule has 0 amide bonds. The van der Waals surface area contributed by atoms with Gasteiger partial charge in [-0.3, -0.25) is 4.79 Å². The lowest BCUT2D eigenvalue weighted by atomic mass is 10.0. The Morgan fingerprint density at radius 1 is 1.28 bits per heavy atom. The SMILES string of the molecule is O=C(Cc1ccc(F)cc1Cl)c1ccc(OC2CCCCO2)cc1O. The number of hydrogen-bond donors (Lipinski definition) is 1. The van der Waals surface area contributed by atoms with Crippen molar-refractivity contribution in [2.24, 2.45) is 0 Å². The molecule has 0 bridgehead atoms. The van der Waals surface area contributed by atoms with Gasteiger partial charge in [-0.05, 0) is 42.7 Å². The number of aromatic hydroxyl groups is 1. The van der Waals surface area contributed by atoms with E-state index in [0.717, 1.165) is 25.3 Å². The third-order valence-electron chi connectivity index (χ3n) is 4.04. The van der Waals surface area contributed by atoms with Crippen LogP contribution in [0.2, 0.25) is 5.02 Å². The number of Topliss-reactive ketones (excluding diaryl/α,β-unsaturated/α-hetero) is 1. The van der Waals surface area contributed by atoms with Crippen molar-refractivity contribution in [2.75, 3.05) is 6.61 Å². The van der Waals surface area contributed by atoms with Gasteiger partial charge in [-0.2, -0.15) is 0 Å². The molecule has 1 N–H and O–H groups in total. The van der Waals surface area contributed by atoms with Crippen LogP contribution in [0.15, 0.2) is 36.4 Å². The van der Waals surface area contributed by atoms with Crippen LogP contribution in [0.4, 0.5) is 4.39 Å².